The van der Waals surface area contributed by atoms with Crippen molar-refractivity contribution in [1.82, 2.24) is 5.32 Å². The second kappa shape index (κ2) is 13.6. The number of esters is 2. The fourth-order valence-electron chi connectivity index (χ4n) is 8.94. The average molecular weight is 756 g/mol. The smallest absolute Gasteiger partial charge is 0.408 e. The number of benzene rings is 1. The highest BCUT2D eigenvalue weighted by molar-refractivity contribution is 7.10. The second-order valence-corrected chi connectivity index (χ2v) is 17.6. The molecule has 1 unspecified atom stereocenters. The first-order chi connectivity index (χ1) is 24.6. The van der Waals surface area contributed by atoms with Gasteiger partial charge in [0.15, 0.2) is 11.9 Å². The summed E-state index contributed by atoms with van der Waals surface area (Å²) in [5.41, 5.74) is -7.00. The largest absolute Gasteiger partial charge is 0.456 e. The molecule has 1 saturated heterocycles. The van der Waals surface area contributed by atoms with Crippen LogP contribution in [0, 0.1) is 16.7 Å². The van der Waals surface area contributed by atoms with E-state index in [1.54, 1.807) is 96.3 Å². The molecule has 1 amide bonds. The van der Waals surface area contributed by atoms with Gasteiger partial charge in [0.05, 0.1) is 24.4 Å². The van der Waals surface area contributed by atoms with Crippen LogP contribution in [0.15, 0.2) is 59.0 Å². The molecule has 13 nitrogen and oxygen atoms in total. The van der Waals surface area contributed by atoms with Gasteiger partial charge in [-0.1, -0.05) is 45.0 Å². The van der Waals surface area contributed by atoms with E-state index in [0.717, 1.165) is 0 Å². The number of hydrogen-bond donors (Lipinski definition) is 5. The van der Waals surface area contributed by atoms with Crippen LogP contribution in [-0.2, 0) is 28.5 Å². The minimum absolute atomic E-state index is 0.0246. The van der Waals surface area contributed by atoms with Crippen molar-refractivity contribution in [2.75, 3.05) is 6.61 Å². The molecule has 2 bridgehead atoms. The van der Waals surface area contributed by atoms with Crippen molar-refractivity contribution >= 4 is 35.2 Å². The Morgan fingerprint density at radius 3 is 2.30 bits per heavy atom. The number of nitrogens with one attached hydrogen (secondary N) is 1. The number of carbonyl (C=O) groups is 4. The molecule has 53 heavy (non-hydrogen) atoms. The Kier molecular flexibility index (Phi) is 10.00. The quantitative estimate of drug-likeness (QED) is 0.203. The molecule has 4 aliphatic rings. The van der Waals surface area contributed by atoms with Gasteiger partial charge in [0.25, 0.3) is 0 Å². The van der Waals surface area contributed by atoms with Crippen molar-refractivity contribution in [2.45, 2.75) is 121 Å². The minimum atomic E-state index is -2.20. The predicted octanol–water partition coefficient (Wildman–Crippen LogP) is 3.78. The molecule has 14 heteroatoms. The molecular formula is C39H49NO12S. The standard InChI is InChI=1S/C39H49NO12S/c1-20-23(50-33(45)29(43)28(24-14-11-15-53-24)40-34(46)52-35(2,3)4)18-39(48)31(51-32(44)21-12-9-8-10-13-21)30-37(7,17-22(41)27(20)36(39,5)6)25(42)16-26-38(30,47)19-49-26/h8-15,23,25-26,28-31,42-43,47-48H,16-19H2,1-7H3,(H,40,46)/t23?,25-,26+,28-,29+,30-,31-,37+,38-,39+/m0/s1. The van der Waals surface area contributed by atoms with Crippen molar-refractivity contribution in [3.63, 3.8) is 0 Å². The third-order valence-electron chi connectivity index (χ3n) is 11.8. The molecule has 2 aromatic rings. The molecule has 10 atom stereocenters. The number of ketones is 1. The highest BCUT2D eigenvalue weighted by atomic mass is 32.1. The van der Waals surface area contributed by atoms with Gasteiger partial charge in [0.1, 0.15) is 35.1 Å². The minimum Gasteiger partial charge on any atom is -0.456 e. The molecule has 2 heterocycles. The van der Waals surface area contributed by atoms with Crippen LogP contribution < -0.4 is 5.32 Å². The number of aliphatic hydroxyl groups excluding tert-OH is 2. The number of rotatable bonds is 7. The van der Waals surface area contributed by atoms with Crippen LogP contribution in [0.1, 0.15) is 89.0 Å². The van der Waals surface area contributed by atoms with E-state index in [2.05, 4.69) is 5.32 Å². The summed E-state index contributed by atoms with van der Waals surface area (Å²) in [6.07, 6.45) is -8.41. The van der Waals surface area contributed by atoms with Crippen LogP contribution in [0.25, 0.3) is 0 Å². The SMILES string of the molecule is CC1=C2C(=O)C[C@]3(C)[C@@H](O)C[C@H]4OC[C@@]4(O)[C@H]3[C@H](OC(=O)c3ccccc3)[C@](O)(CC1OC(=O)[C@H](O)[C@@H](NC(=O)OC(C)(C)C)c1cccs1)C2(C)C. The Balaban J connectivity index is 1.42. The van der Waals surface area contributed by atoms with Crippen molar-refractivity contribution in [3.05, 3.63) is 69.4 Å². The monoisotopic (exact) mass is 755 g/mol. The zero-order chi connectivity index (χ0) is 38.9. The molecular weight excluding hydrogens is 706 g/mol. The number of carbonyl (C=O) groups excluding carboxylic acids is 4. The number of fused-ring (bicyclic) bond motifs is 5. The highest BCUT2D eigenvalue weighted by Gasteiger charge is 2.74. The summed E-state index contributed by atoms with van der Waals surface area (Å²) >= 11 is 1.19. The van der Waals surface area contributed by atoms with Gasteiger partial charge in [0.2, 0.25) is 0 Å². The van der Waals surface area contributed by atoms with Crippen LogP contribution >= 0.6 is 11.3 Å². The third-order valence-corrected chi connectivity index (χ3v) is 12.7. The van der Waals surface area contributed by atoms with E-state index >= 15 is 0 Å². The van der Waals surface area contributed by atoms with E-state index in [1.165, 1.54) is 11.3 Å². The lowest BCUT2D eigenvalue weighted by atomic mass is 9.45. The number of amides is 1. The van der Waals surface area contributed by atoms with Gasteiger partial charge in [-0.05, 0) is 56.8 Å². The summed E-state index contributed by atoms with van der Waals surface area (Å²) < 4.78 is 23.3. The second-order valence-electron chi connectivity index (χ2n) is 16.6. The first-order valence-electron chi connectivity index (χ1n) is 17.8. The van der Waals surface area contributed by atoms with E-state index in [0.29, 0.717) is 10.5 Å². The molecule has 0 radical (unpaired) electrons. The zero-order valence-corrected chi connectivity index (χ0v) is 31.8. The summed E-state index contributed by atoms with van der Waals surface area (Å²) in [6.45, 7) is 11.4. The maximum Gasteiger partial charge on any atom is 0.408 e. The lowest BCUT2D eigenvalue weighted by Crippen LogP contribution is -2.79. The molecule has 3 aliphatic carbocycles. The zero-order valence-electron chi connectivity index (χ0n) is 31.0. The molecule has 2 saturated carbocycles. The first-order valence-corrected chi connectivity index (χ1v) is 18.7. The summed E-state index contributed by atoms with van der Waals surface area (Å²) in [4.78, 5) is 55.5. The number of thiophene rings is 1. The molecule has 1 aliphatic heterocycles. The van der Waals surface area contributed by atoms with Gasteiger partial charge >= 0.3 is 18.0 Å². The van der Waals surface area contributed by atoms with Gasteiger partial charge in [-0.25, -0.2) is 14.4 Å². The van der Waals surface area contributed by atoms with Crippen molar-refractivity contribution in [1.29, 1.82) is 0 Å². The molecule has 0 spiro atoms. The van der Waals surface area contributed by atoms with Gasteiger partial charge in [-0.15, -0.1) is 11.3 Å². The lowest BCUT2D eigenvalue weighted by Gasteiger charge is -2.66. The normalized spacial score (nSPS) is 34.5. The van der Waals surface area contributed by atoms with E-state index < -0.39 is 100 Å². The number of hydrogen-bond acceptors (Lipinski definition) is 13. The fourth-order valence-corrected chi connectivity index (χ4v) is 9.75. The summed E-state index contributed by atoms with van der Waals surface area (Å²) in [5, 5.41) is 52.8. The number of ether oxygens (including phenoxy) is 4. The van der Waals surface area contributed by atoms with Crippen molar-refractivity contribution < 1.29 is 58.6 Å². The van der Waals surface area contributed by atoms with E-state index in [4.69, 9.17) is 18.9 Å². The van der Waals surface area contributed by atoms with Crippen LogP contribution in [-0.4, -0.2) is 98.2 Å². The molecule has 5 N–H and O–H groups in total. The maximum absolute atomic E-state index is 14.5. The average Bonchev–Trinajstić information content (AvgIpc) is 3.60. The molecule has 1 aromatic heterocycles. The Bertz CT molecular complexity index is 1790. The lowest BCUT2D eigenvalue weighted by molar-refractivity contribution is -0.347. The van der Waals surface area contributed by atoms with Crippen LogP contribution in [0.2, 0.25) is 0 Å². The van der Waals surface area contributed by atoms with Crippen LogP contribution in [0.3, 0.4) is 0 Å². The summed E-state index contributed by atoms with van der Waals surface area (Å²) in [6, 6.07) is 10.2. The van der Waals surface area contributed by atoms with Gasteiger partial charge in [-0.3, -0.25) is 4.79 Å². The fraction of sp³-hybridized carbons (Fsp3) is 0.590. The number of alkyl carbamates (subject to hydrolysis) is 1. The Morgan fingerprint density at radius 2 is 1.72 bits per heavy atom. The molecule has 288 valence electrons. The predicted molar refractivity (Wildman–Crippen MR) is 191 cm³/mol. The maximum atomic E-state index is 14.5. The Labute approximate surface area is 312 Å². The third kappa shape index (κ3) is 6.61. The van der Waals surface area contributed by atoms with Crippen molar-refractivity contribution in [3.8, 4) is 0 Å². The van der Waals surface area contributed by atoms with Crippen LogP contribution in [0.4, 0.5) is 4.79 Å². The van der Waals surface area contributed by atoms with E-state index in [9.17, 15) is 39.6 Å². The van der Waals surface area contributed by atoms with Gasteiger partial charge < -0.3 is 44.7 Å². The molecule has 1 aromatic carbocycles. The topological polar surface area (TPSA) is 198 Å². The molecule has 3 fully saturated rings. The number of Topliss-reactive ketones (excluding diaryl/α,β-unsaturated/α-hetero) is 1. The van der Waals surface area contributed by atoms with E-state index in [-0.39, 0.29) is 30.6 Å². The first kappa shape index (κ1) is 39.0. The van der Waals surface area contributed by atoms with E-state index in [1.807, 2.05) is 0 Å². The summed E-state index contributed by atoms with van der Waals surface area (Å²) in [7, 11) is 0. The van der Waals surface area contributed by atoms with Gasteiger partial charge in [-0.2, -0.15) is 0 Å². The Hall–Kier alpha value is -3.66. The van der Waals surface area contributed by atoms with Crippen molar-refractivity contribution in [2.24, 2.45) is 16.7 Å². The molecule has 6 rings (SSSR count). The number of aliphatic hydroxyl groups is 4. The highest BCUT2D eigenvalue weighted by Crippen LogP contribution is 2.63. The van der Waals surface area contributed by atoms with Crippen LogP contribution in [0.5, 0.6) is 0 Å². The summed E-state index contributed by atoms with van der Waals surface area (Å²) in [5.74, 6) is -3.62. The Morgan fingerprint density at radius 1 is 1.04 bits per heavy atom. The van der Waals surface area contributed by atoms with Gasteiger partial charge in [0, 0.05) is 46.5 Å².